The van der Waals surface area contributed by atoms with Crippen LogP contribution in [0.4, 0.5) is 19.5 Å². The van der Waals surface area contributed by atoms with Crippen LogP contribution < -0.4 is 5.32 Å². The minimum absolute atomic E-state index is 0.0538. The molecule has 2 heterocycles. The number of anilines is 1. The van der Waals surface area contributed by atoms with Crippen molar-refractivity contribution in [3.05, 3.63) is 18.0 Å². The molecule has 1 fully saturated rings. The number of nitrogens with one attached hydrogen (secondary N) is 1. The predicted octanol–water partition coefficient (Wildman–Crippen LogP) is 3.09. The van der Waals surface area contributed by atoms with Crippen molar-refractivity contribution in [2.45, 2.75) is 45.6 Å². The van der Waals surface area contributed by atoms with Gasteiger partial charge < -0.3 is 15.0 Å². The number of aryl methyl sites for hydroxylation is 1. The summed E-state index contributed by atoms with van der Waals surface area (Å²) in [6.45, 7) is 6.64. The molecule has 1 N–H and O–H groups in total. The topological polar surface area (TPSA) is 67.4 Å². The van der Waals surface area contributed by atoms with E-state index in [-0.39, 0.29) is 19.5 Å². The summed E-state index contributed by atoms with van der Waals surface area (Å²) >= 11 is 0. The molecule has 0 saturated carbocycles. The Morgan fingerprint density at radius 2 is 2.04 bits per heavy atom. The lowest BCUT2D eigenvalue weighted by Gasteiger charge is -2.38. The molecular formula is C16H24F2N4O2. The highest BCUT2D eigenvalue weighted by atomic mass is 19.3. The van der Waals surface area contributed by atoms with Gasteiger partial charge in [-0.15, -0.1) is 0 Å². The van der Waals surface area contributed by atoms with E-state index in [9.17, 15) is 13.6 Å². The fraction of sp³-hybridized carbons (Fsp3) is 0.688. The van der Waals surface area contributed by atoms with Gasteiger partial charge in [-0.3, -0.25) is 0 Å². The lowest BCUT2D eigenvalue weighted by molar-refractivity contribution is -0.106. The third kappa shape index (κ3) is 5.01. The Balaban J connectivity index is 1.91. The standard InChI is InChI=1S/C16H24F2N4O2/c1-11-7-19-13(20-8-11)21-9-12-5-6-22(10-16(12,17)18)14(23)24-15(2,3)4/h7-8,12H,5-6,9-10H2,1-4H3,(H,19,20,21)/t12-/m1/s1. The third-order valence-corrected chi connectivity index (χ3v) is 3.69. The molecule has 8 heteroatoms. The van der Waals surface area contributed by atoms with Gasteiger partial charge in [-0.25, -0.2) is 23.5 Å². The summed E-state index contributed by atoms with van der Waals surface area (Å²) < 4.78 is 33.9. The van der Waals surface area contributed by atoms with Gasteiger partial charge in [0.15, 0.2) is 0 Å². The Hall–Kier alpha value is -1.99. The normalized spacial score (nSPS) is 20.6. The molecule has 1 atom stereocenters. The van der Waals surface area contributed by atoms with Crippen molar-refractivity contribution in [3.8, 4) is 0 Å². The highest BCUT2D eigenvalue weighted by molar-refractivity contribution is 5.68. The van der Waals surface area contributed by atoms with E-state index in [2.05, 4.69) is 15.3 Å². The number of alkyl halides is 2. The van der Waals surface area contributed by atoms with Crippen LogP contribution in [0.5, 0.6) is 0 Å². The van der Waals surface area contributed by atoms with Gasteiger partial charge in [-0.05, 0) is 39.7 Å². The van der Waals surface area contributed by atoms with Gasteiger partial charge in [0.2, 0.25) is 5.95 Å². The number of nitrogens with zero attached hydrogens (tertiary/aromatic N) is 3. The van der Waals surface area contributed by atoms with Gasteiger partial charge in [-0.1, -0.05) is 0 Å². The van der Waals surface area contributed by atoms with Gasteiger partial charge >= 0.3 is 6.09 Å². The first-order chi connectivity index (χ1) is 11.1. The van der Waals surface area contributed by atoms with Gasteiger partial charge in [0.25, 0.3) is 5.92 Å². The maximum atomic E-state index is 14.3. The first-order valence-electron chi connectivity index (χ1n) is 7.95. The number of piperidine rings is 1. The van der Waals surface area contributed by atoms with Crippen molar-refractivity contribution in [2.24, 2.45) is 5.92 Å². The molecule has 0 radical (unpaired) electrons. The largest absolute Gasteiger partial charge is 0.444 e. The molecule has 134 valence electrons. The molecule has 0 aromatic carbocycles. The molecule has 6 nitrogen and oxygen atoms in total. The maximum Gasteiger partial charge on any atom is 0.410 e. The number of hydrogen-bond acceptors (Lipinski definition) is 5. The molecule has 1 aliphatic rings. The van der Waals surface area contributed by atoms with Crippen LogP contribution in [0, 0.1) is 12.8 Å². The fourth-order valence-corrected chi connectivity index (χ4v) is 2.42. The highest BCUT2D eigenvalue weighted by Gasteiger charge is 2.46. The highest BCUT2D eigenvalue weighted by Crippen LogP contribution is 2.33. The number of ether oxygens (including phenoxy) is 1. The van der Waals surface area contributed by atoms with E-state index < -0.39 is 30.1 Å². The monoisotopic (exact) mass is 342 g/mol. The first kappa shape index (κ1) is 18.4. The molecule has 24 heavy (non-hydrogen) atoms. The van der Waals surface area contributed by atoms with Crippen LogP contribution in [-0.2, 0) is 4.74 Å². The minimum atomic E-state index is -2.99. The molecule has 1 aromatic rings. The average molecular weight is 342 g/mol. The molecule has 0 spiro atoms. The van der Waals surface area contributed by atoms with Crippen molar-refractivity contribution < 1.29 is 18.3 Å². The van der Waals surface area contributed by atoms with Crippen LogP contribution in [0.3, 0.4) is 0 Å². The number of hydrogen-bond donors (Lipinski definition) is 1. The Labute approximate surface area is 140 Å². The Kier molecular flexibility index (Phi) is 5.25. The molecule has 1 amide bonds. The van der Waals surface area contributed by atoms with Crippen molar-refractivity contribution in [3.63, 3.8) is 0 Å². The van der Waals surface area contributed by atoms with E-state index in [0.717, 1.165) is 10.5 Å². The molecule has 0 aliphatic carbocycles. The Morgan fingerprint density at radius 3 is 2.58 bits per heavy atom. The first-order valence-corrected chi connectivity index (χ1v) is 7.95. The van der Waals surface area contributed by atoms with Gasteiger partial charge in [0.05, 0.1) is 6.54 Å². The summed E-state index contributed by atoms with van der Waals surface area (Å²) in [5.74, 6) is -3.56. The number of halogens is 2. The molecule has 2 rings (SSSR count). The summed E-state index contributed by atoms with van der Waals surface area (Å²) in [4.78, 5) is 21.1. The number of amides is 1. The second-order valence-corrected chi connectivity index (χ2v) is 7.11. The molecule has 1 aliphatic heterocycles. The van der Waals surface area contributed by atoms with E-state index in [4.69, 9.17) is 4.74 Å². The van der Waals surface area contributed by atoms with E-state index in [0.29, 0.717) is 5.95 Å². The Bertz CT molecular complexity index is 572. The zero-order valence-corrected chi connectivity index (χ0v) is 14.5. The van der Waals surface area contributed by atoms with Crippen LogP contribution in [0.25, 0.3) is 0 Å². The number of likely N-dealkylation sites (tertiary alicyclic amines) is 1. The van der Waals surface area contributed by atoms with E-state index >= 15 is 0 Å². The van der Waals surface area contributed by atoms with Crippen LogP contribution in [0.2, 0.25) is 0 Å². The maximum absolute atomic E-state index is 14.3. The molecule has 1 aromatic heterocycles. The SMILES string of the molecule is Cc1cnc(NC[C@H]2CCN(C(=O)OC(C)(C)C)CC2(F)F)nc1. The van der Waals surface area contributed by atoms with Crippen LogP contribution in [-0.4, -0.2) is 52.1 Å². The fourth-order valence-electron chi connectivity index (χ4n) is 2.42. The molecule has 1 saturated heterocycles. The third-order valence-electron chi connectivity index (χ3n) is 3.69. The molecule has 0 bridgehead atoms. The summed E-state index contributed by atoms with van der Waals surface area (Å²) in [6, 6.07) is 0. The molecule has 0 unspecified atom stereocenters. The summed E-state index contributed by atoms with van der Waals surface area (Å²) in [5.41, 5.74) is 0.199. The number of carbonyl (C=O) groups is 1. The lowest BCUT2D eigenvalue weighted by Crippen LogP contribution is -2.53. The predicted molar refractivity (Wildman–Crippen MR) is 86.1 cm³/mol. The van der Waals surface area contributed by atoms with Gasteiger partial charge in [-0.2, -0.15) is 0 Å². The van der Waals surface area contributed by atoms with Gasteiger partial charge in [0, 0.05) is 31.4 Å². The Morgan fingerprint density at radius 1 is 1.42 bits per heavy atom. The second kappa shape index (κ2) is 6.86. The summed E-state index contributed by atoms with van der Waals surface area (Å²) in [6.07, 6.45) is 2.73. The van der Waals surface area contributed by atoms with E-state index in [1.165, 1.54) is 0 Å². The van der Waals surface area contributed by atoms with Crippen molar-refractivity contribution in [2.75, 3.05) is 25.0 Å². The minimum Gasteiger partial charge on any atom is -0.444 e. The average Bonchev–Trinajstić information content (AvgIpc) is 2.45. The van der Waals surface area contributed by atoms with Gasteiger partial charge in [0.1, 0.15) is 5.60 Å². The van der Waals surface area contributed by atoms with Crippen molar-refractivity contribution >= 4 is 12.0 Å². The quantitative estimate of drug-likeness (QED) is 0.914. The summed E-state index contributed by atoms with van der Waals surface area (Å²) in [5, 5.41) is 2.84. The second-order valence-electron chi connectivity index (χ2n) is 7.11. The number of carbonyl (C=O) groups excluding carboxylic acids is 1. The van der Waals surface area contributed by atoms with Crippen LogP contribution in [0.15, 0.2) is 12.4 Å². The van der Waals surface area contributed by atoms with Crippen LogP contribution >= 0.6 is 0 Å². The smallest absolute Gasteiger partial charge is 0.410 e. The van der Waals surface area contributed by atoms with Crippen molar-refractivity contribution in [1.29, 1.82) is 0 Å². The van der Waals surface area contributed by atoms with Crippen molar-refractivity contribution in [1.82, 2.24) is 14.9 Å². The zero-order chi connectivity index (χ0) is 18.0. The molecular weight excluding hydrogens is 318 g/mol. The number of rotatable bonds is 3. The van der Waals surface area contributed by atoms with E-state index in [1.54, 1.807) is 33.2 Å². The zero-order valence-electron chi connectivity index (χ0n) is 14.5. The summed E-state index contributed by atoms with van der Waals surface area (Å²) in [7, 11) is 0. The van der Waals surface area contributed by atoms with E-state index in [1.807, 2.05) is 6.92 Å². The van der Waals surface area contributed by atoms with Crippen LogP contribution in [0.1, 0.15) is 32.8 Å². The lowest BCUT2D eigenvalue weighted by atomic mass is 9.93. The number of aromatic nitrogens is 2.